The summed E-state index contributed by atoms with van der Waals surface area (Å²) in [6, 6.07) is 62.9. The Morgan fingerprint density at radius 3 is 1.00 bits per heavy atom. The predicted octanol–water partition coefficient (Wildman–Crippen LogP) is 15.3. The van der Waals surface area contributed by atoms with E-state index in [1.807, 2.05) is 48.5 Å². The molecule has 7 rings (SSSR count). The van der Waals surface area contributed by atoms with Gasteiger partial charge in [0.2, 0.25) is 0 Å². The Morgan fingerprint density at radius 2 is 0.654 bits per heavy atom. The highest BCUT2D eigenvalue weighted by Crippen LogP contribution is 2.34. The smallest absolute Gasteiger partial charge is 0.0462 e. The molecule has 0 unspecified atom stereocenters. The summed E-state index contributed by atoms with van der Waals surface area (Å²) in [7, 11) is 0. The van der Waals surface area contributed by atoms with Crippen LogP contribution in [0.3, 0.4) is 0 Å². The first-order valence-corrected chi connectivity index (χ1v) is 18.9. The lowest BCUT2D eigenvalue weighted by molar-refractivity contribution is 1.28. The van der Waals surface area contributed by atoms with E-state index in [0.29, 0.717) is 0 Å². The highest BCUT2D eigenvalue weighted by molar-refractivity contribution is 9.11. The number of nitrogens with zero attached hydrogens (tertiary/aromatic N) is 1. The van der Waals surface area contributed by atoms with E-state index in [2.05, 4.69) is 215 Å². The highest BCUT2D eigenvalue weighted by atomic mass is 79.9. The van der Waals surface area contributed by atoms with Crippen molar-refractivity contribution in [1.82, 2.24) is 0 Å². The Balaban J connectivity index is 0.000000309. The molecule has 0 aliphatic carbocycles. The van der Waals surface area contributed by atoms with Crippen LogP contribution < -0.4 is 4.90 Å². The zero-order valence-electron chi connectivity index (χ0n) is 29.8. The van der Waals surface area contributed by atoms with Crippen LogP contribution in [-0.4, -0.2) is 0 Å². The van der Waals surface area contributed by atoms with Gasteiger partial charge in [-0.1, -0.05) is 206 Å². The van der Waals surface area contributed by atoms with Crippen molar-refractivity contribution in [2.75, 3.05) is 4.90 Å². The first kappa shape index (κ1) is 38.0. The zero-order valence-corrected chi connectivity index (χ0v) is 33.0. The summed E-state index contributed by atoms with van der Waals surface area (Å²) >= 11 is 7.51. The van der Waals surface area contributed by atoms with Crippen molar-refractivity contribution in [1.29, 1.82) is 0 Å². The highest BCUT2D eigenvalue weighted by Gasteiger charge is 2.11. The maximum Gasteiger partial charge on any atom is 0.0462 e. The van der Waals surface area contributed by atoms with E-state index in [4.69, 9.17) is 0 Å². The van der Waals surface area contributed by atoms with E-state index in [-0.39, 0.29) is 0 Å². The van der Waals surface area contributed by atoms with E-state index in [0.717, 1.165) is 42.7 Å². The first-order chi connectivity index (χ1) is 25.4. The summed E-state index contributed by atoms with van der Waals surface area (Å²) in [5.74, 6) is 0. The second-order valence-electron chi connectivity index (χ2n) is 12.4. The molecule has 1 nitrogen and oxygen atoms in total. The molecule has 0 aliphatic rings. The predicted molar refractivity (Wildman–Crippen MR) is 234 cm³/mol. The molecule has 0 aliphatic heterocycles. The summed E-state index contributed by atoms with van der Waals surface area (Å²) in [5.41, 5.74) is 11.9. The second-order valence-corrected chi connectivity index (χ2v) is 14.1. The van der Waals surface area contributed by atoms with E-state index in [9.17, 15) is 0 Å². The SMILES string of the molecule is Cc1ccc(/C=C/c2cc(Br)c(/C=C/c3ccc(N(c4ccccc4)c4ccccc4)cc3)cc2Br)cc1.Cc1ccccc1.Cc1ccccc1. The van der Waals surface area contributed by atoms with Crippen LogP contribution in [0, 0.1) is 20.8 Å². The molecule has 52 heavy (non-hydrogen) atoms. The van der Waals surface area contributed by atoms with Crippen molar-refractivity contribution in [3.63, 3.8) is 0 Å². The van der Waals surface area contributed by atoms with Gasteiger partial charge in [-0.15, -0.1) is 0 Å². The zero-order chi connectivity index (χ0) is 36.5. The molecule has 0 bridgehead atoms. The molecule has 258 valence electrons. The molecule has 0 saturated carbocycles. The molecule has 0 aromatic heterocycles. The summed E-state index contributed by atoms with van der Waals surface area (Å²) in [4.78, 5) is 2.27. The van der Waals surface area contributed by atoms with Crippen LogP contribution >= 0.6 is 31.9 Å². The average molecular weight is 806 g/mol. The molecule has 7 aromatic carbocycles. The summed E-state index contributed by atoms with van der Waals surface area (Å²) in [6.07, 6.45) is 8.56. The largest absolute Gasteiger partial charge is 0.311 e. The van der Waals surface area contributed by atoms with Gasteiger partial charge in [-0.2, -0.15) is 0 Å². The molecular weight excluding hydrogens is 762 g/mol. The maximum atomic E-state index is 3.76. The molecule has 0 amide bonds. The van der Waals surface area contributed by atoms with Gasteiger partial charge in [0.15, 0.2) is 0 Å². The van der Waals surface area contributed by atoms with E-state index in [1.165, 1.54) is 22.3 Å². The second kappa shape index (κ2) is 20.0. The summed E-state index contributed by atoms with van der Waals surface area (Å²) < 4.78 is 2.11. The van der Waals surface area contributed by atoms with E-state index in [1.54, 1.807) is 0 Å². The lowest BCUT2D eigenvalue weighted by atomic mass is 10.1. The van der Waals surface area contributed by atoms with Gasteiger partial charge in [0.25, 0.3) is 0 Å². The molecule has 0 heterocycles. The third-order valence-corrected chi connectivity index (χ3v) is 9.54. The lowest BCUT2D eigenvalue weighted by Gasteiger charge is -2.25. The van der Waals surface area contributed by atoms with Gasteiger partial charge in [0, 0.05) is 26.0 Å². The van der Waals surface area contributed by atoms with Crippen LogP contribution in [0.2, 0.25) is 0 Å². The summed E-state index contributed by atoms with van der Waals surface area (Å²) in [5, 5.41) is 0. The van der Waals surface area contributed by atoms with Crippen LogP contribution in [0.5, 0.6) is 0 Å². The molecule has 0 fully saturated rings. The van der Waals surface area contributed by atoms with Crippen molar-refractivity contribution >= 4 is 73.2 Å². The minimum Gasteiger partial charge on any atom is -0.311 e. The number of hydrogen-bond donors (Lipinski definition) is 0. The van der Waals surface area contributed by atoms with Crippen molar-refractivity contribution in [2.45, 2.75) is 20.8 Å². The van der Waals surface area contributed by atoms with Gasteiger partial charge in [-0.05, 0) is 91.6 Å². The normalized spacial score (nSPS) is 10.6. The molecule has 0 atom stereocenters. The number of halogens is 2. The Morgan fingerprint density at radius 1 is 0.346 bits per heavy atom. The third kappa shape index (κ3) is 11.9. The number of rotatable bonds is 7. The quantitative estimate of drug-likeness (QED) is 0.145. The van der Waals surface area contributed by atoms with Gasteiger partial charge in [-0.3, -0.25) is 0 Å². The van der Waals surface area contributed by atoms with Gasteiger partial charge in [0.1, 0.15) is 0 Å². The van der Waals surface area contributed by atoms with Gasteiger partial charge in [0.05, 0.1) is 0 Å². The number of anilines is 3. The van der Waals surface area contributed by atoms with Gasteiger partial charge in [-0.25, -0.2) is 0 Å². The van der Waals surface area contributed by atoms with Gasteiger partial charge >= 0.3 is 0 Å². The van der Waals surface area contributed by atoms with Crippen molar-refractivity contribution in [3.05, 3.63) is 230 Å². The summed E-state index contributed by atoms with van der Waals surface area (Å²) in [6.45, 7) is 6.27. The lowest BCUT2D eigenvalue weighted by Crippen LogP contribution is -2.09. The molecule has 0 N–H and O–H groups in total. The molecule has 7 aromatic rings. The fourth-order valence-corrected chi connectivity index (χ4v) is 6.27. The Labute approximate surface area is 326 Å². The number of para-hydroxylation sites is 2. The molecule has 3 heteroatoms. The fraction of sp³-hybridized carbons (Fsp3) is 0.0612. The van der Waals surface area contributed by atoms with Crippen molar-refractivity contribution < 1.29 is 0 Å². The van der Waals surface area contributed by atoms with Crippen molar-refractivity contribution in [2.24, 2.45) is 0 Å². The molecule has 0 spiro atoms. The van der Waals surface area contributed by atoms with Crippen LogP contribution in [0.4, 0.5) is 17.1 Å². The average Bonchev–Trinajstić information content (AvgIpc) is 3.18. The minimum atomic E-state index is 1.05. The fourth-order valence-electron chi connectivity index (χ4n) is 5.29. The van der Waals surface area contributed by atoms with Crippen LogP contribution in [0.1, 0.15) is 38.9 Å². The maximum absolute atomic E-state index is 3.76. The Bertz CT molecular complexity index is 2060. The van der Waals surface area contributed by atoms with Crippen LogP contribution in [-0.2, 0) is 0 Å². The number of benzene rings is 7. The molecule has 0 saturated heterocycles. The topological polar surface area (TPSA) is 3.24 Å². The van der Waals surface area contributed by atoms with Crippen LogP contribution in [0.15, 0.2) is 191 Å². The number of hydrogen-bond acceptors (Lipinski definition) is 1. The molecular formula is C49H43Br2N. The van der Waals surface area contributed by atoms with Gasteiger partial charge < -0.3 is 4.90 Å². The monoisotopic (exact) mass is 803 g/mol. The first-order valence-electron chi connectivity index (χ1n) is 17.3. The molecule has 0 radical (unpaired) electrons. The standard InChI is InChI=1S/C35H27Br2N.2C7H8/c1-26-12-14-27(15-13-26)16-20-29-24-35(37)30(25-34(29)36)21-17-28-18-22-33(23-19-28)38(31-8-4-2-5-9-31)32-10-6-3-7-11-32;2*1-7-5-3-2-4-6-7/h2-25H,1H3;2*2-6H,1H3/b20-16+,21-17+;;. The van der Waals surface area contributed by atoms with E-state index < -0.39 is 0 Å². The van der Waals surface area contributed by atoms with E-state index >= 15 is 0 Å². The Kier molecular flexibility index (Phi) is 14.6. The third-order valence-electron chi connectivity index (χ3n) is 8.17. The number of aryl methyl sites for hydroxylation is 3. The Hall–Kier alpha value is -5.22. The minimum absolute atomic E-state index is 1.05. The van der Waals surface area contributed by atoms with Crippen molar-refractivity contribution in [3.8, 4) is 0 Å². The van der Waals surface area contributed by atoms with Crippen LogP contribution in [0.25, 0.3) is 24.3 Å².